The number of halogens is 1. The summed E-state index contributed by atoms with van der Waals surface area (Å²) in [5.41, 5.74) is 2.78. The van der Waals surface area contributed by atoms with Gasteiger partial charge in [0.05, 0.1) is 12.2 Å². The fraction of sp³-hybridized carbons (Fsp3) is 0.348. The number of nitrogens with zero attached hydrogens (tertiary/aromatic N) is 3. The molecule has 0 amide bonds. The van der Waals surface area contributed by atoms with Crippen molar-refractivity contribution in [3.63, 3.8) is 0 Å². The van der Waals surface area contributed by atoms with Gasteiger partial charge in [-0.2, -0.15) is 0 Å². The van der Waals surface area contributed by atoms with E-state index >= 15 is 0 Å². The second-order valence-electron chi connectivity index (χ2n) is 7.28. The van der Waals surface area contributed by atoms with Crippen LogP contribution in [0, 0.1) is 0 Å². The molecular formula is C23H28IN5O2. The van der Waals surface area contributed by atoms with Crippen LogP contribution in [0.25, 0.3) is 11.5 Å². The molecule has 0 bridgehead atoms. The lowest BCUT2D eigenvalue weighted by Crippen LogP contribution is -2.36. The Hall–Kier alpha value is -2.62. The fourth-order valence-corrected chi connectivity index (χ4v) is 3.50. The minimum atomic E-state index is 0. The molecule has 31 heavy (non-hydrogen) atoms. The Balaban J connectivity index is 0.00000272. The molecule has 2 N–H and O–H groups in total. The summed E-state index contributed by atoms with van der Waals surface area (Å²) in [4.78, 5) is 13.3. The van der Waals surface area contributed by atoms with Crippen molar-refractivity contribution in [3.05, 3.63) is 66.2 Å². The Kier molecular flexibility index (Phi) is 8.69. The summed E-state index contributed by atoms with van der Waals surface area (Å²) in [7, 11) is 1.74. The quantitative estimate of drug-likeness (QED) is 0.264. The minimum Gasteiger partial charge on any atom is -0.474 e. The molecule has 1 aromatic carbocycles. The Labute approximate surface area is 199 Å². The number of hydrogen-bond acceptors (Lipinski definition) is 5. The highest BCUT2D eigenvalue weighted by Gasteiger charge is 2.18. The van der Waals surface area contributed by atoms with Crippen molar-refractivity contribution >= 4 is 29.9 Å². The molecule has 3 aromatic rings. The van der Waals surface area contributed by atoms with Gasteiger partial charge in [-0.1, -0.05) is 24.3 Å². The van der Waals surface area contributed by atoms with Crippen LogP contribution in [0.2, 0.25) is 0 Å². The van der Waals surface area contributed by atoms with Crippen LogP contribution in [0.1, 0.15) is 36.9 Å². The summed E-state index contributed by atoms with van der Waals surface area (Å²) in [6.07, 6.45) is 8.39. The first-order chi connectivity index (χ1) is 14.8. The van der Waals surface area contributed by atoms with Crippen LogP contribution in [-0.2, 0) is 13.1 Å². The zero-order valence-corrected chi connectivity index (χ0v) is 19.9. The minimum absolute atomic E-state index is 0. The number of hydrogen-bond donors (Lipinski definition) is 2. The molecule has 8 heteroatoms. The largest absolute Gasteiger partial charge is 0.474 e. The summed E-state index contributed by atoms with van der Waals surface area (Å²) < 4.78 is 11.7. The van der Waals surface area contributed by atoms with Gasteiger partial charge >= 0.3 is 0 Å². The smallest absolute Gasteiger partial charge is 0.226 e. The van der Waals surface area contributed by atoms with E-state index in [4.69, 9.17) is 9.15 Å². The highest BCUT2D eigenvalue weighted by molar-refractivity contribution is 14.0. The van der Waals surface area contributed by atoms with Gasteiger partial charge in [0.2, 0.25) is 11.8 Å². The van der Waals surface area contributed by atoms with Crippen molar-refractivity contribution in [1.82, 2.24) is 20.6 Å². The Morgan fingerprint density at radius 1 is 1.10 bits per heavy atom. The number of nitrogens with one attached hydrogen (secondary N) is 2. The maximum absolute atomic E-state index is 6.11. The SMILES string of the molecule is CN=C(NCc1coc(-c2ccccc2)n1)NCc1cccnc1OC1CCCC1.I. The maximum Gasteiger partial charge on any atom is 0.226 e. The van der Waals surface area contributed by atoms with Gasteiger partial charge < -0.3 is 19.8 Å². The molecular weight excluding hydrogens is 505 g/mol. The zero-order chi connectivity index (χ0) is 20.6. The van der Waals surface area contributed by atoms with Crippen molar-refractivity contribution in [2.75, 3.05) is 7.05 Å². The van der Waals surface area contributed by atoms with Crippen molar-refractivity contribution < 1.29 is 9.15 Å². The van der Waals surface area contributed by atoms with E-state index in [1.165, 1.54) is 12.8 Å². The van der Waals surface area contributed by atoms with E-state index in [-0.39, 0.29) is 30.1 Å². The first kappa shape index (κ1) is 23.1. The monoisotopic (exact) mass is 533 g/mol. The van der Waals surface area contributed by atoms with Gasteiger partial charge in [0.25, 0.3) is 0 Å². The van der Waals surface area contributed by atoms with Crippen molar-refractivity contribution in [2.45, 2.75) is 44.9 Å². The number of aromatic nitrogens is 2. The molecule has 0 atom stereocenters. The third-order valence-electron chi connectivity index (χ3n) is 5.11. The van der Waals surface area contributed by atoms with E-state index in [1.54, 1.807) is 19.5 Å². The molecule has 164 valence electrons. The van der Waals surface area contributed by atoms with E-state index in [9.17, 15) is 0 Å². The van der Waals surface area contributed by atoms with E-state index in [0.29, 0.717) is 30.8 Å². The van der Waals surface area contributed by atoms with E-state index in [1.807, 2.05) is 42.5 Å². The van der Waals surface area contributed by atoms with Crippen LogP contribution in [0.4, 0.5) is 0 Å². The Morgan fingerprint density at radius 3 is 2.65 bits per heavy atom. The fourth-order valence-electron chi connectivity index (χ4n) is 3.50. The lowest BCUT2D eigenvalue weighted by Gasteiger charge is -2.16. The molecule has 1 fully saturated rings. The van der Waals surface area contributed by atoms with Gasteiger partial charge in [0.1, 0.15) is 12.4 Å². The van der Waals surface area contributed by atoms with E-state index in [0.717, 1.165) is 29.7 Å². The Morgan fingerprint density at radius 2 is 1.87 bits per heavy atom. The first-order valence-electron chi connectivity index (χ1n) is 10.4. The summed E-state index contributed by atoms with van der Waals surface area (Å²) in [6.45, 7) is 1.08. The molecule has 2 aromatic heterocycles. The molecule has 4 rings (SSSR count). The highest BCUT2D eigenvalue weighted by Crippen LogP contribution is 2.25. The van der Waals surface area contributed by atoms with Crippen LogP contribution in [0.5, 0.6) is 5.88 Å². The van der Waals surface area contributed by atoms with Crippen molar-refractivity contribution in [1.29, 1.82) is 0 Å². The molecule has 0 unspecified atom stereocenters. The lowest BCUT2D eigenvalue weighted by molar-refractivity contribution is 0.199. The number of benzene rings is 1. The van der Waals surface area contributed by atoms with Gasteiger partial charge in [0.15, 0.2) is 5.96 Å². The van der Waals surface area contributed by atoms with E-state index in [2.05, 4.69) is 25.6 Å². The van der Waals surface area contributed by atoms with Crippen molar-refractivity contribution in [3.8, 4) is 17.3 Å². The third-order valence-corrected chi connectivity index (χ3v) is 5.11. The van der Waals surface area contributed by atoms with Crippen LogP contribution in [0.3, 0.4) is 0 Å². The number of guanidine groups is 1. The first-order valence-corrected chi connectivity index (χ1v) is 10.4. The van der Waals surface area contributed by atoms with Gasteiger partial charge in [-0.05, 0) is 43.9 Å². The van der Waals surface area contributed by atoms with Crippen LogP contribution in [0.15, 0.2) is 64.3 Å². The van der Waals surface area contributed by atoms with Crippen LogP contribution < -0.4 is 15.4 Å². The predicted molar refractivity (Wildman–Crippen MR) is 132 cm³/mol. The Bertz CT molecular complexity index is 971. The van der Waals surface area contributed by atoms with E-state index < -0.39 is 0 Å². The van der Waals surface area contributed by atoms with Gasteiger partial charge in [-0.3, -0.25) is 4.99 Å². The lowest BCUT2D eigenvalue weighted by atomic mass is 10.2. The molecule has 2 heterocycles. The molecule has 1 aliphatic rings. The van der Waals surface area contributed by atoms with Crippen LogP contribution in [-0.4, -0.2) is 29.1 Å². The number of oxazole rings is 1. The summed E-state index contributed by atoms with van der Waals surface area (Å²) in [5, 5.41) is 6.59. The van der Waals surface area contributed by atoms with Crippen molar-refractivity contribution in [2.24, 2.45) is 4.99 Å². The number of ether oxygens (including phenoxy) is 1. The molecule has 1 saturated carbocycles. The molecule has 1 aliphatic carbocycles. The number of aliphatic imine (C=N–C) groups is 1. The standard InChI is InChI=1S/C23H27N5O2.HI/c1-24-23(27-15-19-16-29-22(28-19)17-8-3-2-4-9-17)26-14-18-10-7-13-25-21(18)30-20-11-5-6-12-20;/h2-4,7-10,13,16,20H,5-6,11-12,14-15H2,1H3,(H2,24,26,27);1H. The molecule has 0 radical (unpaired) electrons. The normalized spacial score (nSPS) is 14.2. The second kappa shape index (κ2) is 11.7. The predicted octanol–water partition coefficient (Wildman–Crippen LogP) is 4.54. The summed E-state index contributed by atoms with van der Waals surface area (Å²) in [5.74, 6) is 1.99. The average Bonchev–Trinajstić information content (AvgIpc) is 3.48. The highest BCUT2D eigenvalue weighted by atomic mass is 127. The zero-order valence-electron chi connectivity index (χ0n) is 17.6. The number of rotatable bonds is 7. The maximum atomic E-state index is 6.11. The van der Waals surface area contributed by atoms with Gasteiger partial charge in [-0.15, -0.1) is 24.0 Å². The molecule has 0 spiro atoms. The molecule has 7 nitrogen and oxygen atoms in total. The molecule has 0 aliphatic heterocycles. The average molecular weight is 533 g/mol. The van der Waals surface area contributed by atoms with Gasteiger partial charge in [-0.25, -0.2) is 9.97 Å². The third kappa shape index (κ3) is 6.43. The second-order valence-corrected chi connectivity index (χ2v) is 7.28. The number of pyridine rings is 1. The topological polar surface area (TPSA) is 84.6 Å². The summed E-state index contributed by atoms with van der Waals surface area (Å²) in [6, 6.07) is 13.8. The van der Waals surface area contributed by atoms with Crippen LogP contribution >= 0.6 is 24.0 Å². The summed E-state index contributed by atoms with van der Waals surface area (Å²) >= 11 is 0. The van der Waals surface area contributed by atoms with Gasteiger partial charge in [0, 0.05) is 30.9 Å². The molecule has 0 saturated heterocycles.